The van der Waals surface area contributed by atoms with Gasteiger partial charge in [-0.25, -0.2) is 10.5 Å². The highest BCUT2D eigenvalue weighted by Crippen LogP contribution is 2.34. The molecule has 2 aromatic heterocycles. The lowest BCUT2D eigenvalue weighted by molar-refractivity contribution is 0.0706. The lowest BCUT2D eigenvalue weighted by atomic mass is 10.1. The van der Waals surface area contributed by atoms with Crippen LogP contribution in [0.3, 0.4) is 0 Å². The van der Waals surface area contributed by atoms with Crippen LogP contribution in [-0.2, 0) is 6.54 Å². The van der Waals surface area contributed by atoms with Crippen LogP contribution in [0, 0.1) is 0 Å². The second-order valence-corrected chi connectivity index (χ2v) is 7.67. The highest BCUT2D eigenvalue weighted by Gasteiger charge is 2.14. The first-order valence-electron chi connectivity index (χ1n) is 10.5. The Labute approximate surface area is 190 Å². The van der Waals surface area contributed by atoms with Gasteiger partial charge < -0.3 is 15.0 Å². The van der Waals surface area contributed by atoms with Crippen LogP contribution in [-0.4, -0.2) is 28.2 Å². The van der Waals surface area contributed by atoms with E-state index in [1.807, 2.05) is 48.5 Å². The topological polar surface area (TPSA) is 99.3 Å². The van der Waals surface area contributed by atoms with Crippen molar-refractivity contribution in [1.29, 1.82) is 0 Å². The average Bonchev–Trinajstić information content (AvgIpc) is 3.25. The monoisotopic (exact) mass is 438 g/mol. The normalized spacial score (nSPS) is 11.0. The van der Waals surface area contributed by atoms with Crippen LogP contribution in [0.15, 0.2) is 78.9 Å². The maximum absolute atomic E-state index is 11.5. The van der Waals surface area contributed by atoms with E-state index in [2.05, 4.69) is 28.5 Å². The minimum absolute atomic E-state index is 0.390. The van der Waals surface area contributed by atoms with Crippen LogP contribution in [0.2, 0.25) is 0 Å². The summed E-state index contributed by atoms with van der Waals surface area (Å²) in [6.07, 6.45) is 0. The van der Waals surface area contributed by atoms with E-state index in [1.165, 1.54) is 0 Å². The van der Waals surface area contributed by atoms with Gasteiger partial charge in [-0.2, -0.15) is 0 Å². The summed E-state index contributed by atoms with van der Waals surface area (Å²) in [7, 11) is 1.65. The van der Waals surface area contributed by atoms with Gasteiger partial charge in [-0.1, -0.05) is 30.3 Å². The molecule has 0 fully saturated rings. The lowest BCUT2D eigenvalue weighted by Gasteiger charge is -2.11. The second-order valence-electron chi connectivity index (χ2n) is 7.67. The molecular weight excluding hydrogens is 416 g/mol. The Hall–Kier alpha value is -4.36. The van der Waals surface area contributed by atoms with E-state index in [1.54, 1.807) is 24.7 Å². The van der Waals surface area contributed by atoms with Crippen molar-refractivity contribution in [1.82, 2.24) is 15.4 Å². The van der Waals surface area contributed by atoms with Crippen LogP contribution in [0.1, 0.15) is 15.9 Å². The first-order valence-corrected chi connectivity index (χ1v) is 10.5. The van der Waals surface area contributed by atoms with Gasteiger partial charge in [0.15, 0.2) is 0 Å². The van der Waals surface area contributed by atoms with E-state index in [-0.39, 0.29) is 0 Å². The molecule has 7 nitrogen and oxygen atoms in total. The zero-order valence-electron chi connectivity index (χ0n) is 17.9. The number of fused-ring (bicyclic) bond motifs is 3. The molecule has 0 aliphatic heterocycles. The molecule has 0 saturated carbocycles. The largest absolute Gasteiger partial charge is 0.497 e. The number of aromatic amines is 1. The number of ether oxygens (including phenoxy) is 1. The number of aromatic nitrogens is 2. The van der Waals surface area contributed by atoms with Gasteiger partial charge in [0.1, 0.15) is 11.6 Å². The number of rotatable bonds is 6. The molecule has 3 aromatic carbocycles. The van der Waals surface area contributed by atoms with Crippen molar-refractivity contribution >= 4 is 33.5 Å². The Bertz CT molecular complexity index is 1440. The molecule has 5 rings (SSSR count). The predicted octanol–water partition coefficient (Wildman–Crippen LogP) is 5.12. The summed E-state index contributed by atoms with van der Waals surface area (Å²) in [6, 6.07) is 25.1. The maximum atomic E-state index is 11.5. The second kappa shape index (κ2) is 8.64. The molecule has 33 heavy (non-hydrogen) atoms. The molecule has 5 aromatic rings. The number of anilines is 1. The van der Waals surface area contributed by atoms with Crippen molar-refractivity contribution in [2.75, 3.05) is 12.4 Å². The first kappa shape index (κ1) is 20.5. The number of carbonyl (C=O) groups excluding carboxylic acids is 1. The fraction of sp³-hybridized carbons (Fsp3) is 0.0769. The minimum Gasteiger partial charge on any atom is -0.497 e. The molecule has 0 radical (unpaired) electrons. The summed E-state index contributed by atoms with van der Waals surface area (Å²) in [5.41, 5.74) is 6.88. The number of nitrogens with zero attached hydrogens (tertiary/aromatic N) is 1. The standard InChI is InChI=1S/C26H22N4O3/c1-33-19-12-10-17(11-13-19)24-25-21(20-4-2-3-5-22(20)28-25)14-23(29-24)27-15-16-6-8-18(9-7-16)26(31)30-32/h2-14,28,32H,15H2,1H3,(H,27,29)(H,30,31). The molecule has 164 valence electrons. The Morgan fingerprint density at radius 3 is 2.48 bits per heavy atom. The van der Waals surface area contributed by atoms with Crippen LogP contribution < -0.4 is 15.5 Å². The quantitative estimate of drug-likeness (QED) is 0.218. The third kappa shape index (κ3) is 3.97. The van der Waals surface area contributed by atoms with Gasteiger partial charge in [0.25, 0.3) is 5.91 Å². The van der Waals surface area contributed by atoms with E-state index in [9.17, 15) is 4.79 Å². The van der Waals surface area contributed by atoms with E-state index in [0.29, 0.717) is 12.1 Å². The number of carbonyl (C=O) groups is 1. The summed E-state index contributed by atoms with van der Waals surface area (Å²) in [6.45, 7) is 0.532. The average molecular weight is 438 g/mol. The zero-order valence-corrected chi connectivity index (χ0v) is 17.9. The summed E-state index contributed by atoms with van der Waals surface area (Å²) < 4.78 is 5.30. The molecule has 2 heterocycles. The third-order valence-electron chi connectivity index (χ3n) is 5.65. The van der Waals surface area contributed by atoms with Crippen LogP contribution in [0.25, 0.3) is 33.1 Å². The molecule has 7 heteroatoms. The Balaban J connectivity index is 1.53. The molecule has 0 aliphatic rings. The summed E-state index contributed by atoms with van der Waals surface area (Å²) >= 11 is 0. The number of methoxy groups -OCH3 is 1. The van der Waals surface area contributed by atoms with E-state index >= 15 is 0 Å². The Kier molecular flexibility index (Phi) is 5.38. The van der Waals surface area contributed by atoms with Crippen molar-refractivity contribution in [3.63, 3.8) is 0 Å². The van der Waals surface area contributed by atoms with Gasteiger partial charge in [-0.3, -0.25) is 10.0 Å². The Morgan fingerprint density at radius 1 is 1.00 bits per heavy atom. The lowest BCUT2D eigenvalue weighted by Crippen LogP contribution is -2.18. The summed E-state index contributed by atoms with van der Waals surface area (Å²) in [5, 5.41) is 14.4. The number of pyridine rings is 1. The number of H-pyrrole nitrogens is 1. The van der Waals surface area contributed by atoms with Crippen LogP contribution >= 0.6 is 0 Å². The fourth-order valence-electron chi connectivity index (χ4n) is 3.93. The molecule has 0 saturated heterocycles. The van der Waals surface area contributed by atoms with Gasteiger partial charge in [-0.15, -0.1) is 0 Å². The number of para-hydroxylation sites is 1. The van der Waals surface area contributed by atoms with Gasteiger partial charge in [0, 0.05) is 34.0 Å². The summed E-state index contributed by atoms with van der Waals surface area (Å²) in [4.78, 5) is 20.0. The van der Waals surface area contributed by atoms with Crippen LogP contribution in [0.5, 0.6) is 5.75 Å². The van der Waals surface area contributed by atoms with Gasteiger partial charge >= 0.3 is 0 Å². The first-order chi connectivity index (χ1) is 16.2. The van der Waals surface area contributed by atoms with Crippen molar-refractivity contribution in [3.8, 4) is 17.0 Å². The predicted molar refractivity (Wildman–Crippen MR) is 129 cm³/mol. The highest BCUT2D eigenvalue weighted by molar-refractivity contribution is 6.11. The smallest absolute Gasteiger partial charge is 0.274 e. The molecule has 4 N–H and O–H groups in total. The minimum atomic E-state index is -0.537. The molecule has 0 atom stereocenters. The molecular formula is C26H22N4O3. The zero-order chi connectivity index (χ0) is 22.8. The van der Waals surface area contributed by atoms with Crippen molar-refractivity contribution in [3.05, 3.63) is 90.0 Å². The molecule has 0 bridgehead atoms. The third-order valence-corrected chi connectivity index (χ3v) is 5.65. The molecule has 0 aliphatic carbocycles. The number of amides is 1. The van der Waals surface area contributed by atoms with Crippen LogP contribution in [0.4, 0.5) is 5.82 Å². The van der Waals surface area contributed by atoms with E-state index < -0.39 is 5.91 Å². The van der Waals surface area contributed by atoms with Crippen molar-refractivity contribution < 1.29 is 14.7 Å². The molecule has 0 unspecified atom stereocenters. The number of hydrogen-bond donors (Lipinski definition) is 4. The SMILES string of the molecule is COc1ccc(-c2nc(NCc3ccc(C(=O)NO)cc3)cc3c2[nH]c2ccccc23)cc1. The molecule has 0 spiro atoms. The fourth-order valence-corrected chi connectivity index (χ4v) is 3.93. The number of hydroxylamine groups is 1. The number of nitrogens with one attached hydrogen (secondary N) is 3. The van der Waals surface area contributed by atoms with E-state index in [0.717, 1.165) is 50.2 Å². The number of hydrogen-bond acceptors (Lipinski definition) is 5. The Morgan fingerprint density at radius 2 is 1.76 bits per heavy atom. The summed E-state index contributed by atoms with van der Waals surface area (Å²) in [5.74, 6) is 1.000. The van der Waals surface area contributed by atoms with Crippen molar-refractivity contribution in [2.45, 2.75) is 6.54 Å². The highest BCUT2D eigenvalue weighted by atomic mass is 16.5. The number of benzene rings is 3. The van der Waals surface area contributed by atoms with E-state index in [4.69, 9.17) is 14.9 Å². The van der Waals surface area contributed by atoms with Gasteiger partial charge in [0.2, 0.25) is 0 Å². The molecule has 1 amide bonds. The maximum Gasteiger partial charge on any atom is 0.274 e. The van der Waals surface area contributed by atoms with Gasteiger partial charge in [-0.05, 0) is 54.1 Å². The van der Waals surface area contributed by atoms with Gasteiger partial charge in [0.05, 0.1) is 18.3 Å². The van der Waals surface area contributed by atoms with Crippen molar-refractivity contribution in [2.24, 2.45) is 0 Å².